The van der Waals surface area contributed by atoms with Crippen molar-refractivity contribution in [2.45, 2.75) is 19.0 Å². The lowest BCUT2D eigenvalue weighted by Gasteiger charge is -2.33. The fraction of sp³-hybridized carbons (Fsp3) is 0.208. The fourth-order valence-corrected chi connectivity index (χ4v) is 4.61. The van der Waals surface area contributed by atoms with Crippen LogP contribution in [-0.4, -0.2) is 50.2 Å². The summed E-state index contributed by atoms with van der Waals surface area (Å²) < 4.78 is 1.58. The second kappa shape index (κ2) is 8.47. The van der Waals surface area contributed by atoms with E-state index in [0.717, 1.165) is 46.2 Å². The molecule has 2 aromatic carbocycles. The number of hydrogen-bond acceptors (Lipinski definition) is 6. The molecule has 4 aromatic rings. The Hall–Kier alpha value is -4.47. The largest absolute Gasteiger partial charge is 0.508 e. The van der Waals surface area contributed by atoms with Gasteiger partial charge in [-0.2, -0.15) is 5.10 Å². The number of amides is 2. The number of H-pyrrole nitrogens is 1. The normalized spacial score (nSPS) is 15.3. The van der Waals surface area contributed by atoms with Crippen LogP contribution in [0.2, 0.25) is 0 Å². The van der Waals surface area contributed by atoms with E-state index in [1.54, 1.807) is 21.7 Å². The summed E-state index contributed by atoms with van der Waals surface area (Å²) in [7, 11) is 0. The number of primary amides is 1. The van der Waals surface area contributed by atoms with Crippen LogP contribution in [-0.2, 0) is 17.8 Å². The van der Waals surface area contributed by atoms with Crippen molar-refractivity contribution in [2.24, 2.45) is 5.73 Å². The Labute approximate surface area is 195 Å². The van der Waals surface area contributed by atoms with Crippen molar-refractivity contribution in [3.63, 3.8) is 0 Å². The molecule has 0 saturated heterocycles. The molecule has 0 bridgehead atoms. The highest BCUT2D eigenvalue weighted by atomic mass is 16.3. The summed E-state index contributed by atoms with van der Waals surface area (Å²) in [5, 5.41) is 18.3. The molecule has 174 valence electrons. The highest BCUT2D eigenvalue weighted by Gasteiger charge is 2.31. The van der Waals surface area contributed by atoms with Crippen LogP contribution in [0.5, 0.6) is 5.75 Å². The zero-order valence-corrected chi connectivity index (χ0v) is 18.4. The molecule has 2 aromatic heterocycles. The number of nitrogen functional groups attached to an aromatic ring is 1. The van der Waals surface area contributed by atoms with Gasteiger partial charge in [0.05, 0.1) is 12.6 Å². The Kier molecular flexibility index (Phi) is 5.33. The number of phenolic OH excluding ortho intramolecular Hbond substituents is 1. The van der Waals surface area contributed by atoms with E-state index in [2.05, 4.69) is 15.4 Å². The van der Waals surface area contributed by atoms with E-state index < -0.39 is 5.91 Å². The lowest BCUT2D eigenvalue weighted by atomic mass is 9.92. The van der Waals surface area contributed by atoms with Crippen molar-refractivity contribution in [2.75, 3.05) is 24.1 Å². The minimum Gasteiger partial charge on any atom is -0.508 e. The standard InChI is InChI=1S/C24H25N7O3/c25-23-19(24(26)34)12-31(29-23)10-8-27-15-3-1-14(2-4-15)22-21-17(7-9-30(22)13-32)18-11-16(33)5-6-20(18)28-21/h1-6,11-13,22,27-28,33H,7-10H2,(H2,25,29)(H2,26,34). The number of benzene rings is 2. The molecule has 0 radical (unpaired) electrons. The number of hydrogen-bond donors (Lipinski definition) is 5. The van der Waals surface area contributed by atoms with Crippen LogP contribution < -0.4 is 16.8 Å². The molecule has 2 amide bonds. The lowest BCUT2D eigenvalue weighted by molar-refractivity contribution is -0.120. The Balaban J connectivity index is 1.33. The first kappa shape index (κ1) is 21.4. The number of anilines is 2. The van der Waals surface area contributed by atoms with E-state index >= 15 is 0 Å². The molecule has 0 aliphatic carbocycles. The first-order valence-electron chi connectivity index (χ1n) is 11.0. The molecule has 1 aliphatic heterocycles. The summed E-state index contributed by atoms with van der Waals surface area (Å²) in [5.74, 6) is -0.257. The number of fused-ring (bicyclic) bond motifs is 3. The van der Waals surface area contributed by atoms with E-state index in [9.17, 15) is 14.7 Å². The first-order valence-corrected chi connectivity index (χ1v) is 11.0. The number of nitrogens with one attached hydrogen (secondary N) is 2. The average Bonchev–Trinajstić information content (AvgIpc) is 3.38. The number of phenols is 1. The Morgan fingerprint density at radius 1 is 1.26 bits per heavy atom. The zero-order chi connectivity index (χ0) is 23.8. The van der Waals surface area contributed by atoms with E-state index in [1.807, 2.05) is 30.3 Å². The smallest absolute Gasteiger partial charge is 0.254 e. The van der Waals surface area contributed by atoms with Crippen LogP contribution in [0.25, 0.3) is 10.9 Å². The van der Waals surface area contributed by atoms with E-state index in [0.29, 0.717) is 19.6 Å². The van der Waals surface area contributed by atoms with Gasteiger partial charge in [0, 0.05) is 41.6 Å². The summed E-state index contributed by atoms with van der Waals surface area (Å²) >= 11 is 0. The molecule has 34 heavy (non-hydrogen) atoms. The lowest BCUT2D eigenvalue weighted by Crippen LogP contribution is -2.34. The highest BCUT2D eigenvalue weighted by molar-refractivity contribution is 5.96. The molecule has 0 spiro atoms. The van der Waals surface area contributed by atoms with Gasteiger partial charge in [-0.25, -0.2) is 0 Å². The maximum Gasteiger partial charge on any atom is 0.254 e. The Morgan fingerprint density at radius 2 is 2.06 bits per heavy atom. The molecule has 1 unspecified atom stereocenters. The van der Waals surface area contributed by atoms with Gasteiger partial charge in [-0.1, -0.05) is 12.1 Å². The monoisotopic (exact) mass is 459 g/mol. The quantitative estimate of drug-likeness (QED) is 0.266. The van der Waals surface area contributed by atoms with Crippen molar-refractivity contribution in [1.29, 1.82) is 0 Å². The van der Waals surface area contributed by atoms with Crippen LogP contribution in [0.1, 0.15) is 33.2 Å². The van der Waals surface area contributed by atoms with Gasteiger partial charge >= 0.3 is 0 Å². The van der Waals surface area contributed by atoms with Gasteiger partial charge in [-0.05, 0) is 47.9 Å². The summed E-state index contributed by atoms with van der Waals surface area (Å²) in [6.07, 6.45) is 3.15. The molecule has 3 heterocycles. The molecule has 1 aliphatic rings. The Bertz CT molecular complexity index is 1370. The predicted octanol–water partition coefficient (Wildman–Crippen LogP) is 1.97. The molecule has 0 saturated carbocycles. The third-order valence-corrected chi connectivity index (χ3v) is 6.24. The molecule has 10 nitrogen and oxygen atoms in total. The summed E-state index contributed by atoms with van der Waals surface area (Å²) in [6.45, 7) is 1.67. The summed E-state index contributed by atoms with van der Waals surface area (Å²) in [5.41, 5.74) is 16.1. The van der Waals surface area contributed by atoms with Gasteiger partial charge in [0.25, 0.3) is 5.91 Å². The maximum atomic E-state index is 11.8. The summed E-state index contributed by atoms with van der Waals surface area (Å²) in [4.78, 5) is 28.4. The number of aromatic hydroxyl groups is 1. The number of aromatic amines is 1. The molecule has 7 N–H and O–H groups in total. The van der Waals surface area contributed by atoms with Crippen LogP contribution >= 0.6 is 0 Å². The van der Waals surface area contributed by atoms with Crippen molar-refractivity contribution in [1.82, 2.24) is 19.7 Å². The predicted molar refractivity (Wildman–Crippen MR) is 128 cm³/mol. The van der Waals surface area contributed by atoms with Crippen LogP contribution in [0.3, 0.4) is 0 Å². The van der Waals surface area contributed by atoms with E-state index in [1.165, 1.54) is 6.20 Å². The molecule has 1 atom stereocenters. The molecule has 0 fully saturated rings. The topological polar surface area (TPSA) is 155 Å². The van der Waals surface area contributed by atoms with Crippen molar-refractivity contribution < 1.29 is 14.7 Å². The number of carbonyl (C=O) groups excluding carboxylic acids is 2. The highest BCUT2D eigenvalue weighted by Crippen LogP contribution is 2.38. The van der Waals surface area contributed by atoms with Crippen molar-refractivity contribution >= 4 is 34.7 Å². The van der Waals surface area contributed by atoms with E-state index in [4.69, 9.17) is 11.5 Å². The second-order valence-corrected chi connectivity index (χ2v) is 8.35. The van der Waals surface area contributed by atoms with Crippen molar-refractivity contribution in [3.05, 3.63) is 71.0 Å². The third-order valence-electron chi connectivity index (χ3n) is 6.24. The SMILES string of the molecule is NC(=O)c1cn(CCNc2ccc(C3c4[nH]c5ccc(O)cc5c4CCN3C=O)cc2)nc1N. The third kappa shape index (κ3) is 3.79. The van der Waals surface area contributed by atoms with Gasteiger partial charge in [0.1, 0.15) is 11.3 Å². The number of rotatable bonds is 7. The van der Waals surface area contributed by atoms with E-state index in [-0.39, 0.29) is 23.2 Å². The number of aromatic nitrogens is 3. The van der Waals surface area contributed by atoms with Crippen LogP contribution in [0, 0.1) is 0 Å². The minimum atomic E-state index is -0.602. The molecule has 10 heteroatoms. The number of nitrogens with zero attached hydrogens (tertiary/aromatic N) is 3. The van der Waals surface area contributed by atoms with Crippen LogP contribution in [0.4, 0.5) is 11.5 Å². The summed E-state index contributed by atoms with van der Waals surface area (Å²) in [6, 6.07) is 13.0. The maximum absolute atomic E-state index is 11.8. The number of carbonyl (C=O) groups is 2. The molecule has 5 rings (SSSR count). The number of nitrogens with two attached hydrogens (primary N) is 2. The Morgan fingerprint density at radius 3 is 2.76 bits per heavy atom. The van der Waals surface area contributed by atoms with Gasteiger partial charge in [0.15, 0.2) is 5.82 Å². The van der Waals surface area contributed by atoms with Crippen LogP contribution in [0.15, 0.2) is 48.7 Å². The molecular formula is C24H25N7O3. The molecular weight excluding hydrogens is 434 g/mol. The van der Waals surface area contributed by atoms with Gasteiger partial charge < -0.3 is 31.8 Å². The average molecular weight is 460 g/mol. The second-order valence-electron chi connectivity index (χ2n) is 8.35. The zero-order valence-electron chi connectivity index (χ0n) is 18.4. The fourth-order valence-electron chi connectivity index (χ4n) is 4.61. The van der Waals surface area contributed by atoms with Gasteiger partial charge in [-0.15, -0.1) is 0 Å². The van der Waals surface area contributed by atoms with Gasteiger partial charge in [0.2, 0.25) is 6.41 Å². The minimum absolute atomic E-state index is 0.121. The van der Waals surface area contributed by atoms with Gasteiger partial charge in [-0.3, -0.25) is 14.3 Å². The first-order chi connectivity index (χ1) is 16.4. The van der Waals surface area contributed by atoms with Crippen molar-refractivity contribution in [3.8, 4) is 5.75 Å².